The fraction of sp³-hybridized carbons (Fsp3) is 0.926. The maximum Gasteiger partial charge on any atom is 0.171 e. The predicted molar refractivity (Wildman–Crippen MR) is 140 cm³/mol. The summed E-state index contributed by atoms with van der Waals surface area (Å²) in [4.78, 5) is 0. The fourth-order valence-electron chi connectivity index (χ4n) is 5.70. The van der Waals surface area contributed by atoms with Crippen LogP contribution in [0.2, 0.25) is 0 Å². The van der Waals surface area contributed by atoms with Crippen molar-refractivity contribution < 1.29 is 23.3 Å². The predicted octanol–water partition coefficient (Wildman–Crippen LogP) is 6.97. The quantitative estimate of drug-likeness (QED) is 0.292. The minimum absolute atomic E-state index is 0.107. The zero-order chi connectivity index (χ0) is 24.0. The van der Waals surface area contributed by atoms with Crippen molar-refractivity contribution in [3.05, 3.63) is 12.2 Å². The second-order valence-electron chi connectivity index (χ2n) is 11.5. The number of allylic oxidation sites excluding steroid dienone is 1. The molecule has 0 radical (unpaired) electrons. The molecular formula is C27H45FO4S2. The molecule has 4 fully saturated rings. The number of thioether (sulfide) groups is 2. The van der Waals surface area contributed by atoms with Gasteiger partial charge in [-0.1, -0.05) is 32.9 Å². The third-order valence-electron chi connectivity index (χ3n) is 7.61. The Morgan fingerprint density at radius 1 is 1.06 bits per heavy atom. The monoisotopic (exact) mass is 516 g/mol. The molecule has 0 N–H and O–H groups in total. The Morgan fingerprint density at radius 3 is 2.50 bits per heavy atom. The molecule has 4 rings (SSSR count). The van der Waals surface area contributed by atoms with Crippen LogP contribution in [-0.2, 0) is 18.9 Å². The van der Waals surface area contributed by atoms with E-state index in [4.69, 9.17) is 18.9 Å². The Labute approximate surface area is 214 Å². The minimum Gasteiger partial charge on any atom is -0.353 e. The molecule has 4 nitrogen and oxygen atoms in total. The standard InChI is InChI=1S/C27H45FO4S2/c1-26(2,3)13-12-22(28)23(32-24-6-4-5-15-29-24)9-7-20-11-14-27(30-16-17-31-27)21(20)8-10-25-33-18-19-34-25/h7,9,20-25H,4-6,8,10-19H2,1-3H3. The molecule has 5 atom stereocenters. The third kappa shape index (κ3) is 7.61. The fourth-order valence-corrected chi connectivity index (χ4v) is 8.56. The highest BCUT2D eigenvalue weighted by atomic mass is 32.2. The number of ether oxygens (including phenoxy) is 4. The van der Waals surface area contributed by atoms with Crippen LogP contribution in [0.5, 0.6) is 0 Å². The number of hydrogen-bond acceptors (Lipinski definition) is 6. The zero-order valence-corrected chi connectivity index (χ0v) is 23.0. The average Bonchev–Trinajstić information content (AvgIpc) is 3.57. The van der Waals surface area contributed by atoms with Gasteiger partial charge >= 0.3 is 0 Å². The summed E-state index contributed by atoms with van der Waals surface area (Å²) in [6.07, 6.45) is 10.9. The Balaban J connectivity index is 1.43. The molecule has 1 aliphatic carbocycles. The van der Waals surface area contributed by atoms with Gasteiger partial charge in [0.15, 0.2) is 12.1 Å². The summed E-state index contributed by atoms with van der Waals surface area (Å²) in [6, 6.07) is 0. The van der Waals surface area contributed by atoms with Crippen LogP contribution in [0.3, 0.4) is 0 Å². The molecule has 1 saturated carbocycles. The van der Waals surface area contributed by atoms with E-state index in [1.807, 2.05) is 6.08 Å². The summed E-state index contributed by atoms with van der Waals surface area (Å²) in [6.45, 7) is 8.58. The number of halogens is 1. The van der Waals surface area contributed by atoms with E-state index in [-0.39, 0.29) is 11.7 Å². The van der Waals surface area contributed by atoms with Gasteiger partial charge in [-0.2, -0.15) is 0 Å². The van der Waals surface area contributed by atoms with Gasteiger partial charge in [0.05, 0.1) is 17.8 Å². The van der Waals surface area contributed by atoms with Crippen LogP contribution in [0.15, 0.2) is 12.2 Å². The van der Waals surface area contributed by atoms with E-state index in [2.05, 4.69) is 50.4 Å². The molecule has 4 aliphatic rings. The van der Waals surface area contributed by atoms with Crippen LogP contribution in [0.4, 0.5) is 4.39 Å². The molecule has 0 bridgehead atoms. The number of rotatable bonds is 10. The van der Waals surface area contributed by atoms with Gasteiger partial charge in [-0.3, -0.25) is 0 Å². The molecule has 1 spiro atoms. The number of hydrogen-bond donors (Lipinski definition) is 0. The Bertz CT molecular complexity index is 637. The normalized spacial score (nSPS) is 32.2. The van der Waals surface area contributed by atoms with Crippen LogP contribution in [0.25, 0.3) is 0 Å². The van der Waals surface area contributed by atoms with Crippen LogP contribution in [0.1, 0.15) is 78.6 Å². The maximum atomic E-state index is 15.5. The van der Waals surface area contributed by atoms with Crippen LogP contribution < -0.4 is 0 Å². The van der Waals surface area contributed by atoms with Gasteiger partial charge in [0.1, 0.15) is 12.3 Å². The highest BCUT2D eigenvalue weighted by Crippen LogP contribution is 2.50. The first-order valence-electron chi connectivity index (χ1n) is 13.5. The van der Waals surface area contributed by atoms with E-state index in [0.717, 1.165) is 44.9 Å². The van der Waals surface area contributed by atoms with Gasteiger partial charge < -0.3 is 18.9 Å². The second-order valence-corrected chi connectivity index (χ2v) is 14.4. The lowest BCUT2D eigenvalue weighted by Gasteiger charge is -2.32. The highest BCUT2D eigenvalue weighted by molar-refractivity contribution is 8.20. The average molecular weight is 517 g/mol. The summed E-state index contributed by atoms with van der Waals surface area (Å²) in [5.41, 5.74) is 0.107. The maximum absolute atomic E-state index is 15.5. The van der Waals surface area contributed by atoms with Crippen molar-refractivity contribution >= 4 is 23.5 Å². The van der Waals surface area contributed by atoms with Crippen molar-refractivity contribution in [2.75, 3.05) is 31.3 Å². The lowest BCUT2D eigenvalue weighted by Crippen LogP contribution is -2.37. The van der Waals surface area contributed by atoms with E-state index >= 15 is 4.39 Å². The Kier molecular flexibility index (Phi) is 10.1. The molecule has 0 amide bonds. The van der Waals surface area contributed by atoms with Crippen molar-refractivity contribution in [2.45, 2.75) is 107 Å². The van der Waals surface area contributed by atoms with Crippen LogP contribution in [0, 0.1) is 17.3 Å². The van der Waals surface area contributed by atoms with Crippen LogP contribution in [-0.4, -0.2) is 60.3 Å². The van der Waals surface area contributed by atoms with Gasteiger partial charge in [0.25, 0.3) is 0 Å². The van der Waals surface area contributed by atoms with Gasteiger partial charge in [-0.05, 0) is 62.7 Å². The molecule has 0 aromatic rings. The lowest BCUT2D eigenvalue weighted by molar-refractivity contribution is -0.190. The molecule has 5 unspecified atom stereocenters. The molecule has 34 heavy (non-hydrogen) atoms. The summed E-state index contributed by atoms with van der Waals surface area (Å²) >= 11 is 4.17. The van der Waals surface area contributed by atoms with Gasteiger partial charge in [0, 0.05) is 30.5 Å². The SMILES string of the molecule is CC(C)(C)CCC(F)C(C=CC1CCC2(OCCO2)C1CCC1SCCS1)OC1CCCCO1. The molecular weight excluding hydrogens is 471 g/mol. The van der Waals surface area contributed by atoms with Crippen molar-refractivity contribution in [1.29, 1.82) is 0 Å². The van der Waals surface area contributed by atoms with Crippen molar-refractivity contribution in [3.63, 3.8) is 0 Å². The smallest absolute Gasteiger partial charge is 0.171 e. The topological polar surface area (TPSA) is 36.9 Å². The first-order chi connectivity index (χ1) is 16.3. The van der Waals surface area contributed by atoms with Gasteiger partial charge in [-0.15, -0.1) is 23.5 Å². The number of alkyl halides is 1. The zero-order valence-electron chi connectivity index (χ0n) is 21.3. The molecule has 3 aliphatic heterocycles. The van der Waals surface area contributed by atoms with Gasteiger partial charge in [0.2, 0.25) is 0 Å². The van der Waals surface area contributed by atoms with Crippen molar-refractivity contribution in [2.24, 2.45) is 17.3 Å². The Morgan fingerprint density at radius 2 is 1.82 bits per heavy atom. The first-order valence-corrected chi connectivity index (χ1v) is 15.5. The largest absolute Gasteiger partial charge is 0.353 e. The van der Waals surface area contributed by atoms with Crippen LogP contribution >= 0.6 is 23.5 Å². The van der Waals surface area contributed by atoms with E-state index in [1.54, 1.807) is 0 Å². The third-order valence-corrected chi connectivity index (χ3v) is 10.8. The van der Waals surface area contributed by atoms with E-state index < -0.39 is 18.1 Å². The van der Waals surface area contributed by atoms with E-state index in [0.29, 0.717) is 42.7 Å². The summed E-state index contributed by atoms with van der Waals surface area (Å²) in [7, 11) is 0. The summed E-state index contributed by atoms with van der Waals surface area (Å²) < 4.78 is 40.6. The van der Waals surface area contributed by atoms with Crippen molar-refractivity contribution in [3.8, 4) is 0 Å². The minimum atomic E-state index is -1.03. The Hall–Kier alpha value is 0.210. The second kappa shape index (κ2) is 12.6. The summed E-state index contributed by atoms with van der Waals surface area (Å²) in [5, 5.41) is 0. The highest BCUT2D eigenvalue weighted by Gasteiger charge is 2.51. The van der Waals surface area contributed by atoms with E-state index in [9.17, 15) is 0 Å². The van der Waals surface area contributed by atoms with Crippen molar-refractivity contribution in [1.82, 2.24) is 0 Å². The molecule has 3 saturated heterocycles. The molecule has 196 valence electrons. The molecule has 0 aromatic heterocycles. The van der Waals surface area contributed by atoms with Gasteiger partial charge in [-0.25, -0.2) is 4.39 Å². The molecule has 3 heterocycles. The summed E-state index contributed by atoms with van der Waals surface area (Å²) in [5.74, 6) is 2.74. The first kappa shape index (κ1) is 27.3. The molecule has 7 heteroatoms. The van der Waals surface area contributed by atoms with E-state index in [1.165, 1.54) is 17.9 Å². The lowest BCUT2D eigenvalue weighted by atomic mass is 9.87. The molecule has 0 aromatic carbocycles.